The zero-order valence-electron chi connectivity index (χ0n) is 19.4. The Balaban J connectivity index is 1.52. The van der Waals surface area contributed by atoms with Crippen molar-refractivity contribution in [2.45, 2.75) is 20.4 Å². The van der Waals surface area contributed by atoms with E-state index in [4.69, 9.17) is 30.3 Å². The van der Waals surface area contributed by atoms with Gasteiger partial charge in [0.2, 0.25) is 5.75 Å². The van der Waals surface area contributed by atoms with Crippen molar-refractivity contribution in [3.63, 3.8) is 0 Å². The molecule has 0 atom stereocenters. The Morgan fingerprint density at radius 3 is 2.18 bits per heavy atom. The maximum atomic E-state index is 12.5. The second kappa shape index (κ2) is 10.9. The molecule has 2 aromatic heterocycles. The minimum atomic E-state index is -0.563. The van der Waals surface area contributed by atoms with Gasteiger partial charge in [0.15, 0.2) is 17.3 Å². The summed E-state index contributed by atoms with van der Waals surface area (Å²) in [6, 6.07) is 3.07. The van der Waals surface area contributed by atoms with Crippen molar-refractivity contribution in [3.05, 3.63) is 45.8 Å². The summed E-state index contributed by atoms with van der Waals surface area (Å²) in [6.07, 6.45) is 0. The first-order valence-electron chi connectivity index (χ1n) is 10.2. The molecule has 12 nitrogen and oxygen atoms in total. The highest BCUT2D eigenvalue weighted by Gasteiger charge is 2.19. The average molecular weight is 493 g/mol. The molecule has 0 bridgehead atoms. The minimum absolute atomic E-state index is 0.139. The van der Waals surface area contributed by atoms with Crippen LogP contribution in [-0.4, -0.2) is 66.2 Å². The summed E-state index contributed by atoms with van der Waals surface area (Å²) in [5.74, 6) is 0.241. The summed E-state index contributed by atoms with van der Waals surface area (Å²) in [5.41, 5.74) is 1.76. The van der Waals surface area contributed by atoms with Crippen LogP contribution in [-0.2, 0) is 6.54 Å². The molecule has 0 aliphatic rings. The topological polar surface area (TPSA) is 143 Å². The van der Waals surface area contributed by atoms with Crippen LogP contribution in [0.3, 0.4) is 0 Å². The lowest BCUT2D eigenvalue weighted by molar-refractivity contribution is 0.0898. The molecular weight excluding hydrogens is 468 g/mol. The third kappa shape index (κ3) is 5.39. The molecule has 2 N–H and O–H groups in total. The Bertz CT molecular complexity index is 1170. The number of aromatic nitrogens is 4. The molecule has 0 spiro atoms. The van der Waals surface area contributed by atoms with E-state index in [0.29, 0.717) is 33.5 Å². The van der Waals surface area contributed by atoms with E-state index in [1.807, 2.05) is 6.92 Å². The Morgan fingerprint density at radius 1 is 1.03 bits per heavy atom. The number of carbonyl (C=O) groups excluding carboxylic acids is 2. The van der Waals surface area contributed by atoms with E-state index in [9.17, 15) is 9.59 Å². The number of rotatable bonds is 10. The third-order valence-electron chi connectivity index (χ3n) is 4.87. The number of halogens is 1. The monoisotopic (exact) mass is 492 g/mol. The molecule has 0 radical (unpaired) electrons. The molecule has 0 saturated heterocycles. The number of hydrogen-bond acceptors (Lipinski definition) is 9. The number of methoxy groups -OCH3 is 3. The van der Waals surface area contributed by atoms with Gasteiger partial charge in [0.25, 0.3) is 5.91 Å². The summed E-state index contributed by atoms with van der Waals surface area (Å²) >= 11 is 6.14. The first-order chi connectivity index (χ1) is 16.3. The van der Waals surface area contributed by atoms with Crippen LogP contribution in [0.5, 0.6) is 17.2 Å². The number of nitrogens with one attached hydrogen (secondary N) is 2. The van der Waals surface area contributed by atoms with Gasteiger partial charge in [-0.15, -0.1) is 0 Å². The van der Waals surface area contributed by atoms with Crippen LogP contribution in [0.2, 0.25) is 5.02 Å². The number of benzene rings is 1. The molecule has 182 valence electrons. The highest BCUT2D eigenvalue weighted by atomic mass is 35.5. The van der Waals surface area contributed by atoms with E-state index in [2.05, 4.69) is 25.9 Å². The highest BCUT2D eigenvalue weighted by Crippen LogP contribution is 2.38. The number of aryl methyl sites for hydroxylation is 1. The van der Waals surface area contributed by atoms with E-state index >= 15 is 0 Å². The molecule has 1 aromatic carbocycles. The zero-order chi connectivity index (χ0) is 24.8. The summed E-state index contributed by atoms with van der Waals surface area (Å²) in [5, 5.41) is 14.0. The van der Waals surface area contributed by atoms with E-state index in [-0.39, 0.29) is 37.3 Å². The Hall–Kier alpha value is -3.80. The van der Waals surface area contributed by atoms with Gasteiger partial charge in [-0.25, -0.2) is 0 Å². The molecule has 13 heteroatoms. The normalized spacial score (nSPS) is 10.6. The van der Waals surface area contributed by atoms with Crippen LogP contribution in [0.15, 0.2) is 16.7 Å². The second-order valence-corrected chi connectivity index (χ2v) is 7.46. The van der Waals surface area contributed by atoms with Gasteiger partial charge in [0.05, 0.1) is 37.7 Å². The van der Waals surface area contributed by atoms with Gasteiger partial charge < -0.3 is 29.4 Å². The average Bonchev–Trinajstić information content (AvgIpc) is 3.40. The molecule has 0 aliphatic heterocycles. The molecule has 34 heavy (non-hydrogen) atoms. The standard InChI is InChI=1S/C21H25ClN6O6/c1-11-17(22)12(2)28(26-11)10-16-25-21(34-27-16)20(30)24-7-6-23-19(29)13-8-14(31-3)18(33-5)15(9-13)32-4/h8-9H,6-7,10H2,1-5H3,(H,23,29)(H,24,30). The van der Waals surface area contributed by atoms with E-state index < -0.39 is 5.91 Å². The third-order valence-corrected chi connectivity index (χ3v) is 5.42. The van der Waals surface area contributed by atoms with Crippen molar-refractivity contribution < 1.29 is 28.3 Å². The smallest absolute Gasteiger partial charge is 0.316 e. The van der Waals surface area contributed by atoms with Crippen molar-refractivity contribution >= 4 is 23.4 Å². The second-order valence-electron chi connectivity index (χ2n) is 7.08. The zero-order valence-corrected chi connectivity index (χ0v) is 20.1. The number of nitrogens with zero attached hydrogens (tertiary/aromatic N) is 4. The number of ether oxygens (including phenoxy) is 3. The predicted molar refractivity (Wildman–Crippen MR) is 121 cm³/mol. The van der Waals surface area contributed by atoms with Gasteiger partial charge in [0.1, 0.15) is 6.54 Å². The van der Waals surface area contributed by atoms with Gasteiger partial charge in [-0.05, 0) is 26.0 Å². The Morgan fingerprint density at radius 2 is 1.65 bits per heavy atom. The first kappa shape index (κ1) is 24.8. The minimum Gasteiger partial charge on any atom is -0.493 e. The van der Waals surface area contributed by atoms with Gasteiger partial charge in [-0.3, -0.25) is 14.3 Å². The maximum Gasteiger partial charge on any atom is 0.316 e. The van der Waals surface area contributed by atoms with Crippen LogP contribution in [0, 0.1) is 13.8 Å². The van der Waals surface area contributed by atoms with Crippen molar-refractivity contribution in [1.82, 2.24) is 30.6 Å². The SMILES string of the molecule is COc1cc(C(=O)NCCNC(=O)c2nc(Cn3nc(C)c(Cl)c3C)no2)cc(OC)c1OC. The fourth-order valence-corrected chi connectivity index (χ4v) is 3.25. The molecule has 0 saturated carbocycles. The molecule has 2 amide bonds. The fraction of sp³-hybridized carbons (Fsp3) is 0.381. The summed E-state index contributed by atoms with van der Waals surface area (Å²) in [6.45, 7) is 4.12. The molecular formula is C21H25ClN6O6. The van der Waals surface area contributed by atoms with Crippen LogP contribution >= 0.6 is 11.6 Å². The van der Waals surface area contributed by atoms with Gasteiger partial charge >= 0.3 is 11.8 Å². The quantitative estimate of drug-likeness (QED) is 0.404. The summed E-state index contributed by atoms with van der Waals surface area (Å²) in [4.78, 5) is 28.8. The van der Waals surface area contributed by atoms with E-state index in [1.54, 1.807) is 11.6 Å². The number of carbonyl (C=O) groups is 2. The molecule has 3 aromatic rings. The lowest BCUT2D eigenvalue weighted by Gasteiger charge is -2.14. The Kier molecular flexibility index (Phi) is 7.95. The number of hydrogen-bond donors (Lipinski definition) is 2. The lowest BCUT2D eigenvalue weighted by atomic mass is 10.1. The Labute approximate surface area is 200 Å². The van der Waals surface area contributed by atoms with Crippen molar-refractivity contribution in [1.29, 1.82) is 0 Å². The van der Waals surface area contributed by atoms with Crippen LogP contribution < -0.4 is 24.8 Å². The molecule has 0 fully saturated rings. The van der Waals surface area contributed by atoms with Crippen LogP contribution in [0.4, 0.5) is 0 Å². The van der Waals surface area contributed by atoms with Gasteiger partial charge in [0, 0.05) is 18.7 Å². The van der Waals surface area contributed by atoms with E-state index in [1.165, 1.54) is 33.5 Å². The largest absolute Gasteiger partial charge is 0.493 e. The van der Waals surface area contributed by atoms with Crippen molar-refractivity contribution in [2.75, 3.05) is 34.4 Å². The highest BCUT2D eigenvalue weighted by molar-refractivity contribution is 6.31. The first-order valence-corrected chi connectivity index (χ1v) is 10.5. The van der Waals surface area contributed by atoms with E-state index in [0.717, 1.165) is 5.69 Å². The lowest BCUT2D eigenvalue weighted by Crippen LogP contribution is -2.34. The molecule has 0 aliphatic carbocycles. The molecule has 3 rings (SSSR count). The van der Waals surface area contributed by atoms with Crippen LogP contribution in [0.1, 0.15) is 38.3 Å². The maximum absolute atomic E-state index is 12.5. The summed E-state index contributed by atoms with van der Waals surface area (Å²) < 4.78 is 22.4. The predicted octanol–water partition coefficient (Wildman–Crippen LogP) is 1.77. The van der Waals surface area contributed by atoms with Crippen molar-refractivity contribution in [3.8, 4) is 17.2 Å². The van der Waals surface area contributed by atoms with Gasteiger partial charge in [-0.1, -0.05) is 16.8 Å². The van der Waals surface area contributed by atoms with Crippen LogP contribution in [0.25, 0.3) is 0 Å². The molecule has 0 unspecified atom stereocenters. The molecule has 2 heterocycles. The number of amides is 2. The van der Waals surface area contributed by atoms with Gasteiger partial charge in [-0.2, -0.15) is 10.1 Å². The van der Waals surface area contributed by atoms with Crippen molar-refractivity contribution in [2.24, 2.45) is 0 Å². The summed E-state index contributed by atoms with van der Waals surface area (Å²) in [7, 11) is 4.40. The fourth-order valence-electron chi connectivity index (χ4n) is 3.12.